The highest BCUT2D eigenvalue weighted by molar-refractivity contribution is 5.25. The van der Waals surface area contributed by atoms with E-state index < -0.39 is 0 Å². The van der Waals surface area contributed by atoms with Gasteiger partial charge >= 0.3 is 0 Å². The van der Waals surface area contributed by atoms with Crippen molar-refractivity contribution in [2.24, 2.45) is 11.7 Å². The van der Waals surface area contributed by atoms with Gasteiger partial charge in [-0.05, 0) is 57.6 Å². The van der Waals surface area contributed by atoms with Crippen molar-refractivity contribution in [3.63, 3.8) is 0 Å². The summed E-state index contributed by atoms with van der Waals surface area (Å²) in [5.74, 6) is 2.54. The molecule has 112 valence electrons. The molecule has 3 nitrogen and oxygen atoms in total. The van der Waals surface area contributed by atoms with Crippen LogP contribution in [-0.2, 0) is 6.42 Å². The zero-order valence-electron chi connectivity index (χ0n) is 13.3. The van der Waals surface area contributed by atoms with Gasteiger partial charge in [0, 0.05) is 17.3 Å². The molecule has 0 spiro atoms. The summed E-state index contributed by atoms with van der Waals surface area (Å²) in [7, 11) is 0. The van der Waals surface area contributed by atoms with Gasteiger partial charge in [0.1, 0.15) is 5.82 Å². The van der Waals surface area contributed by atoms with Gasteiger partial charge in [0.2, 0.25) is 0 Å². The van der Waals surface area contributed by atoms with E-state index in [1.54, 1.807) is 0 Å². The minimum Gasteiger partial charge on any atom is -0.330 e. The maximum Gasteiger partial charge on any atom is 0.131 e. The minimum atomic E-state index is 0.578. The number of rotatable bonds is 5. The van der Waals surface area contributed by atoms with E-state index >= 15 is 0 Å². The predicted molar refractivity (Wildman–Crippen MR) is 83.9 cm³/mol. The van der Waals surface area contributed by atoms with Gasteiger partial charge < -0.3 is 5.73 Å². The molecule has 2 N–H and O–H groups in total. The summed E-state index contributed by atoms with van der Waals surface area (Å²) in [5, 5.41) is 0. The van der Waals surface area contributed by atoms with E-state index in [1.165, 1.54) is 49.1 Å². The normalized spacial score (nSPS) is 23.0. The van der Waals surface area contributed by atoms with Crippen molar-refractivity contribution in [1.29, 1.82) is 0 Å². The smallest absolute Gasteiger partial charge is 0.131 e. The van der Waals surface area contributed by atoms with Crippen molar-refractivity contribution in [3.8, 4) is 0 Å². The molecule has 2 atom stereocenters. The average molecular weight is 275 g/mol. The molecular weight excluding hydrogens is 246 g/mol. The topological polar surface area (TPSA) is 51.8 Å². The molecule has 1 aliphatic rings. The van der Waals surface area contributed by atoms with Gasteiger partial charge in [0.15, 0.2) is 0 Å². The van der Waals surface area contributed by atoms with Gasteiger partial charge in [0.25, 0.3) is 0 Å². The number of aromatic nitrogens is 2. The fraction of sp³-hybridized carbons (Fsp3) is 0.765. The Balaban J connectivity index is 2.16. The molecule has 1 aromatic heterocycles. The maximum absolute atomic E-state index is 5.61. The number of hydrogen-bond donors (Lipinski definition) is 1. The van der Waals surface area contributed by atoms with E-state index in [4.69, 9.17) is 15.7 Å². The highest BCUT2D eigenvalue weighted by Crippen LogP contribution is 2.36. The fourth-order valence-electron chi connectivity index (χ4n) is 3.48. The van der Waals surface area contributed by atoms with Crippen LogP contribution in [0.3, 0.4) is 0 Å². The average Bonchev–Trinajstić information content (AvgIpc) is 2.46. The van der Waals surface area contributed by atoms with E-state index in [-0.39, 0.29) is 0 Å². The molecular formula is C17H29N3. The first-order valence-electron chi connectivity index (χ1n) is 8.19. The molecule has 1 heterocycles. The highest BCUT2D eigenvalue weighted by atomic mass is 14.9. The second-order valence-electron chi connectivity index (χ2n) is 6.26. The lowest BCUT2D eigenvalue weighted by molar-refractivity contribution is 0.306. The molecule has 0 aromatic carbocycles. The molecule has 1 aromatic rings. The lowest BCUT2D eigenvalue weighted by atomic mass is 9.79. The van der Waals surface area contributed by atoms with Crippen LogP contribution in [0.25, 0.3) is 0 Å². The third-order valence-corrected chi connectivity index (χ3v) is 4.79. The minimum absolute atomic E-state index is 0.578. The van der Waals surface area contributed by atoms with Crippen molar-refractivity contribution in [2.75, 3.05) is 6.54 Å². The first kappa shape index (κ1) is 15.4. The van der Waals surface area contributed by atoms with Crippen molar-refractivity contribution >= 4 is 0 Å². The van der Waals surface area contributed by atoms with Crippen LogP contribution in [0.1, 0.15) is 74.1 Å². The van der Waals surface area contributed by atoms with E-state index in [1.807, 2.05) is 0 Å². The highest BCUT2D eigenvalue weighted by Gasteiger charge is 2.25. The van der Waals surface area contributed by atoms with E-state index in [0.29, 0.717) is 5.92 Å². The zero-order valence-corrected chi connectivity index (χ0v) is 13.3. The summed E-state index contributed by atoms with van der Waals surface area (Å²) < 4.78 is 0. The van der Waals surface area contributed by atoms with Crippen molar-refractivity contribution in [2.45, 2.75) is 71.6 Å². The van der Waals surface area contributed by atoms with E-state index in [9.17, 15) is 0 Å². The third-order valence-electron chi connectivity index (χ3n) is 4.79. The summed E-state index contributed by atoms with van der Waals surface area (Å²) in [6.07, 6.45) is 8.58. The van der Waals surface area contributed by atoms with Gasteiger partial charge in [-0.1, -0.05) is 26.2 Å². The monoisotopic (exact) mass is 275 g/mol. The first-order chi connectivity index (χ1) is 9.65. The molecule has 1 fully saturated rings. The Morgan fingerprint density at radius 2 is 1.85 bits per heavy atom. The SMILES string of the molecule is CCC1CCCC(c2nc(C)c(CCCN)c(C)n2)C1. The lowest BCUT2D eigenvalue weighted by Crippen LogP contribution is -2.17. The van der Waals surface area contributed by atoms with Crippen LogP contribution in [0.15, 0.2) is 0 Å². The Labute approximate surface area is 123 Å². The summed E-state index contributed by atoms with van der Waals surface area (Å²) in [6, 6.07) is 0. The number of nitrogens with two attached hydrogens (primary N) is 1. The number of hydrogen-bond acceptors (Lipinski definition) is 3. The maximum atomic E-state index is 5.61. The Morgan fingerprint density at radius 1 is 1.15 bits per heavy atom. The summed E-state index contributed by atoms with van der Waals surface area (Å²) in [6.45, 7) is 7.30. The van der Waals surface area contributed by atoms with Gasteiger partial charge in [-0.25, -0.2) is 9.97 Å². The van der Waals surface area contributed by atoms with Crippen molar-refractivity contribution in [1.82, 2.24) is 9.97 Å². The molecule has 2 unspecified atom stereocenters. The Kier molecular flexibility index (Phi) is 5.53. The van der Waals surface area contributed by atoms with Crippen LogP contribution in [-0.4, -0.2) is 16.5 Å². The molecule has 2 rings (SSSR count). The Morgan fingerprint density at radius 3 is 2.45 bits per heavy atom. The summed E-state index contributed by atoms with van der Waals surface area (Å²) in [4.78, 5) is 9.65. The van der Waals surface area contributed by atoms with Crippen LogP contribution in [0.4, 0.5) is 0 Å². The van der Waals surface area contributed by atoms with Gasteiger partial charge in [-0.3, -0.25) is 0 Å². The lowest BCUT2D eigenvalue weighted by Gasteiger charge is -2.28. The molecule has 0 saturated heterocycles. The van der Waals surface area contributed by atoms with Crippen LogP contribution < -0.4 is 5.73 Å². The Hall–Kier alpha value is -0.960. The van der Waals surface area contributed by atoms with Crippen LogP contribution in [0.5, 0.6) is 0 Å². The quantitative estimate of drug-likeness (QED) is 0.892. The zero-order chi connectivity index (χ0) is 14.5. The van der Waals surface area contributed by atoms with E-state index in [2.05, 4.69) is 20.8 Å². The molecule has 0 bridgehead atoms. The second-order valence-corrected chi connectivity index (χ2v) is 6.26. The fourth-order valence-corrected chi connectivity index (χ4v) is 3.48. The predicted octanol–water partition coefficient (Wildman–Crippen LogP) is 3.67. The van der Waals surface area contributed by atoms with Crippen LogP contribution in [0.2, 0.25) is 0 Å². The van der Waals surface area contributed by atoms with Gasteiger partial charge in [-0.15, -0.1) is 0 Å². The Bertz CT molecular complexity index is 419. The molecule has 20 heavy (non-hydrogen) atoms. The number of nitrogens with zero attached hydrogens (tertiary/aromatic N) is 2. The van der Waals surface area contributed by atoms with Gasteiger partial charge in [0.05, 0.1) is 0 Å². The van der Waals surface area contributed by atoms with Crippen molar-refractivity contribution in [3.05, 3.63) is 22.8 Å². The standard InChI is InChI=1S/C17H29N3/c1-4-14-7-5-8-15(11-14)17-19-12(2)16(9-6-10-18)13(3)20-17/h14-15H,4-11,18H2,1-3H3. The van der Waals surface area contributed by atoms with Crippen LogP contribution >= 0.6 is 0 Å². The molecule has 0 amide bonds. The summed E-state index contributed by atoms with van der Waals surface area (Å²) in [5.41, 5.74) is 9.25. The van der Waals surface area contributed by atoms with Gasteiger partial charge in [-0.2, -0.15) is 0 Å². The summed E-state index contributed by atoms with van der Waals surface area (Å²) >= 11 is 0. The third kappa shape index (κ3) is 3.57. The molecule has 1 aliphatic carbocycles. The van der Waals surface area contributed by atoms with Crippen LogP contribution in [0, 0.1) is 19.8 Å². The molecule has 3 heteroatoms. The second kappa shape index (κ2) is 7.16. The largest absolute Gasteiger partial charge is 0.330 e. The molecule has 0 aliphatic heterocycles. The number of aryl methyl sites for hydroxylation is 2. The van der Waals surface area contributed by atoms with E-state index in [0.717, 1.165) is 31.1 Å². The molecule has 0 radical (unpaired) electrons. The first-order valence-corrected chi connectivity index (χ1v) is 8.19. The van der Waals surface area contributed by atoms with Crippen molar-refractivity contribution < 1.29 is 0 Å². The molecule has 1 saturated carbocycles.